The SMILES string of the molecule is CC(C)N(Cc1ccccc1)C(=O)C1CC1C(=O)NCCc1ccc(F)cc1. The first kappa shape index (κ1) is 20.1. The molecule has 4 nitrogen and oxygen atoms in total. The van der Waals surface area contributed by atoms with Crippen molar-refractivity contribution in [3.63, 3.8) is 0 Å². The van der Waals surface area contributed by atoms with Gasteiger partial charge in [0.15, 0.2) is 0 Å². The fraction of sp³-hybridized carbons (Fsp3) is 0.391. The average Bonchev–Trinajstić information content (AvgIpc) is 3.49. The highest BCUT2D eigenvalue weighted by molar-refractivity contribution is 5.92. The van der Waals surface area contributed by atoms with Crippen molar-refractivity contribution in [1.82, 2.24) is 10.2 Å². The van der Waals surface area contributed by atoms with Crippen molar-refractivity contribution >= 4 is 11.8 Å². The molecule has 0 aromatic heterocycles. The van der Waals surface area contributed by atoms with Gasteiger partial charge >= 0.3 is 0 Å². The van der Waals surface area contributed by atoms with Crippen LogP contribution in [0, 0.1) is 17.7 Å². The molecule has 2 aromatic rings. The summed E-state index contributed by atoms with van der Waals surface area (Å²) in [6, 6.07) is 16.3. The number of hydrogen-bond acceptors (Lipinski definition) is 2. The summed E-state index contributed by atoms with van der Waals surface area (Å²) in [6.07, 6.45) is 1.25. The lowest BCUT2D eigenvalue weighted by atomic mass is 10.1. The van der Waals surface area contributed by atoms with E-state index >= 15 is 0 Å². The van der Waals surface area contributed by atoms with Crippen LogP contribution in [-0.2, 0) is 22.6 Å². The molecule has 0 spiro atoms. The number of nitrogens with zero attached hydrogens (tertiary/aromatic N) is 1. The monoisotopic (exact) mass is 382 g/mol. The van der Waals surface area contributed by atoms with E-state index in [1.165, 1.54) is 12.1 Å². The lowest BCUT2D eigenvalue weighted by Crippen LogP contribution is -2.38. The van der Waals surface area contributed by atoms with Crippen LogP contribution in [0.1, 0.15) is 31.4 Å². The van der Waals surface area contributed by atoms with E-state index in [0.717, 1.165) is 11.1 Å². The maximum atomic E-state index is 12.9. The van der Waals surface area contributed by atoms with E-state index < -0.39 is 0 Å². The second kappa shape index (κ2) is 9.00. The molecule has 148 valence electrons. The molecule has 0 aliphatic heterocycles. The average molecular weight is 382 g/mol. The lowest BCUT2D eigenvalue weighted by molar-refractivity contribution is -0.136. The Morgan fingerprint density at radius 3 is 2.36 bits per heavy atom. The summed E-state index contributed by atoms with van der Waals surface area (Å²) in [7, 11) is 0. The second-order valence-corrected chi connectivity index (χ2v) is 7.66. The number of halogens is 1. The zero-order chi connectivity index (χ0) is 20.1. The normalized spacial score (nSPS) is 18.0. The van der Waals surface area contributed by atoms with Gasteiger partial charge in [-0.1, -0.05) is 42.5 Å². The van der Waals surface area contributed by atoms with Crippen LogP contribution < -0.4 is 5.32 Å². The van der Waals surface area contributed by atoms with Crippen molar-refractivity contribution in [2.45, 2.75) is 39.3 Å². The number of hydrogen-bond donors (Lipinski definition) is 1. The van der Waals surface area contributed by atoms with E-state index in [-0.39, 0.29) is 35.5 Å². The Labute approximate surface area is 165 Å². The van der Waals surface area contributed by atoms with Crippen molar-refractivity contribution in [2.75, 3.05) is 6.54 Å². The zero-order valence-corrected chi connectivity index (χ0v) is 16.4. The van der Waals surface area contributed by atoms with E-state index in [1.54, 1.807) is 12.1 Å². The molecular weight excluding hydrogens is 355 g/mol. The van der Waals surface area contributed by atoms with Crippen LogP contribution in [0.15, 0.2) is 54.6 Å². The minimum Gasteiger partial charge on any atom is -0.356 e. The van der Waals surface area contributed by atoms with Crippen LogP contribution in [-0.4, -0.2) is 29.3 Å². The Bertz CT molecular complexity index is 805. The van der Waals surface area contributed by atoms with Gasteiger partial charge in [-0.2, -0.15) is 0 Å². The fourth-order valence-electron chi connectivity index (χ4n) is 3.38. The van der Waals surface area contributed by atoms with Gasteiger partial charge in [0.1, 0.15) is 5.82 Å². The van der Waals surface area contributed by atoms with E-state index in [4.69, 9.17) is 0 Å². The molecule has 5 heteroatoms. The first-order valence-corrected chi connectivity index (χ1v) is 9.82. The molecule has 1 aliphatic rings. The topological polar surface area (TPSA) is 49.4 Å². The lowest BCUT2D eigenvalue weighted by Gasteiger charge is -2.27. The predicted molar refractivity (Wildman–Crippen MR) is 107 cm³/mol. The van der Waals surface area contributed by atoms with Crippen LogP contribution in [0.25, 0.3) is 0 Å². The molecule has 2 atom stereocenters. The van der Waals surface area contributed by atoms with Gasteiger partial charge in [0.2, 0.25) is 11.8 Å². The Hall–Kier alpha value is -2.69. The van der Waals surface area contributed by atoms with Gasteiger partial charge in [0.05, 0.1) is 11.8 Å². The van der Waals surface area contributed by atoms with Crippen molar-refractivity contribution in [2.24, 2.45) is 11.8 Å². The molecule has 3 rings (SSSR count). The number of rotatable bonds is 8. The van der Waals surface area contributed by atoms with Gasteiger partial charge in [0.25, 0.3) is 0 Å². The molecule has 0 radical (unpaired) electrons. The summed E-state index contributed by atoms with van der Waals surface area (Å²) in [4.78, 5) is 27.1. The molecule has 2 unspecified atom stereocenters. The van der Waals surface area contributed by atoms with Crippen LogP contribution >= 0.6 is 0 Å². The zero-order valence-electron chi connectivity index (χ0n) is 16.4. The molecule has 1 fully saturated rings. The predicted octanol–water partition coefficient (Wildman–Crippen LogP) is 3.56. The Morgan fingerprint density at radius 1 is 1.04 bits per heavy atom. The van der Waals surface area contributed by atoms with Crippen molar-refractivity contribution in [3.05, 3.63) is 71.5 Å². The Morgan fingerprint density at radius 2 is 1.71 bits per heavy atom. The second-order valence-electron chi connectivity index (χ2n) is 7.66. The minimum atomic E-state index is -0.266. The molecular formula is C23H27FN2O2. The highest BCUT2D eigenvalue weighted by Gasteiger charge is 2.49. The quantitative estimate of drug-likeness (QED) is 0.759. The third-order valence-corrected chi connectivity index (χ3v) is 5.17. The van der Waals surface area contributed by atoms with E-state index in [2.05, 4.69) is 5.32 Å². The molecule has 2 aromatic carbocycles. The summed E-state index contributed by atoms with van der Waals surface area (Å²) >= 11 is 0. The number of carbonyl (C=O) groups is 2. The standard InChI is InChI=1S/C23H27FN2O2/c1-16(2)26(15-18-6-4-3-5-7-18)23(28)21-14-20(21)22(27)25-13-12-17-8-10-19(24)11-9-17/h3-11,16,20-21H,12-15H2,1-2H3,(H,25,27). The third-order valence-electron chi connectivity index (χ3n) is 5.17. The number of carbonyl (C=O) groups excluding carboxylic acids is 2. The van der Waals surface area contributed by atoms with E-state index in [1.807, 2.05) is 49.1 Å². The summed E-state index contributed by atoms with van der Waals surface area (Å²) in [5, 5.41) is 2.91. The molecule has 1 aliphatic carbocycles. The summed E-state index contributed by atoms with van der Waals surface area (Å²) in [5.41, 5.74) is 2.06. The molecule has 28 heavy (non-hydrogen) atoms. The van der Waals surface area contributed by atoms with E-state index in [0.29, 0.717) is 25.9 Å². The molecule has 1 saturated carbocycles. The maximum Gasteiger partial charge on any atom is 0.227 e. The van der Waals surface area contributed by atoms with Gasteiger partial charge in [-0.3, -0.25) is 9.59 Å². The first-order valence-electron chi connectivity index (χ1n) is 9.82. The molecule has 1 N–H and O–H groups in total. The van der Waals surface area contributed by atoms with Crippen LogP contribution in [0.5, 0.6) is 0 Å². The van der Waals surface area contributed by atoms with E-state index in [9.17, 15) is 14.0 Å². The largest absolute Gasteiger partial charge is 0.356 e. The number of benzene rings is 2. The molecule has 0 saturated heterocycles. The summed E-state index contributed by atoms with van der Waals surface area (Å²) < 4.78 is 12.9. The molecule has 2 amide bonds. The molecule has 0 bridgehead atoms. The third kappa shape index (κ3) is 5.18. The Balaban J connectivity index is 1.48. The highest BCUT2D eigenvalue weighted by Crippen LogP contribution is 2.40. The van der Waals surface area contributed by atoms with Gasteiger partial charge in [-0.05, 0) is 49.9 Å². The summed E-state index contributed by atoms with van der Waals surface area (Å²) in [5.74, 6) is -0.742. The van der Waals surface area contributed by atoms with Crippen LogP contribution in [0.3, 0.4) is 0 Å². The first-order chi connectivity index (χ1) is 13.5. The van der Waals surface area contributed by atoms with Gasteiger partial charge in [0, 0.05) is 19.1 Å². The minimum absolute atomic E-state index is 0.0533. The van der Waals surface area contributed by atoms with Crippen LogP contribution in [0.2, 0.25) is 0 Å². The van der Waals surface area contributed by atoms with Crippen LogP contribution in [0.4, 0.5) is 4.39 Å². The summed E-state index contributed by atoms with van der Waals surface area (Å²) in [6.45, 7) is 5.05. The smallest absolute Gasteiger partial charge is 0.227 e. The Kier molecular flexibility index (Phi) is 6.45. The maximum absolute atomic E-state index is 12.9. The highest BCUT2D eigenvalue weighted by atomic mass is 19.1. The number of nitrogens with one attached hydrogen (secondary N) is 1. The van der Waals surface area contributed by atoms with Crippen molar-refractivity contribution in [3.8, 4) is 0 Å². The fourth-order valence-corrected chi connectivity index (χ4v) is 3.38. The number of amides is 2. The molecule has 0 heterocycles. The van der Waals surface area contributed by atoms with Gasteiger partial charge in [-0.15, -0.1) is 0 Å². The van der Waals surface area contributed by atoms with Gasteiger partial charge in [-0.25, -0.2) is 4.39 Å². The van der Waals surface area contributed by atoms with Crippen molar-refractivity contribution in [1.29, 1.82) is 0 Å². The van der Waals surface area contributed by atoms with Crippen molar-refractivity contribution < 1.29 is 14.0 Å². The van der Waals surface area contributed by atoms with Gasteiger partial charge < -0.3 is 10.2 Å².